The molecule has 7 heteroatoms. The van der Waals surface area contributed by atoms with Crippen molar-refractivity contribution < 1.29 is 0 Å². The van der Waals surface area contributed by atoms with E-state index in [1.54, 1.807) is 6.07 Å². The van der Waals surface area contributed by atoms with Crippen LogP contribution in [0.3, 0.4) is 0 Å². The molecule has 33 heavy (non-hydrogen) atoms. The van der Waals surface area contributed by atoms with Gasteiger partial charge in [0.25, 0.3) is 0 Å². The van der Waals surface area contributed by atoms with Crippen molar-refractivity contribution in [3.05, 3.63) is 76.0 Å². The van der Waals surface area contributed by atoms with Gasteiger partial charge in [-0.3, -0.25) is 0 Å². The van der Waals surface area contributed by atoms with Crippen LogP contribution in [0.25, 0.3) is 6.08 Å². The summed E-state index contributed by atoms with van der Waals surface area (Å²) in [5.74, 6) is 0.887. The highest BCUT2D eigenvalue weighted by atomic mass is 35.5. The van der Waals surface area contributed by atoms with Gasteiger partial charge < -0.3 is 5.32 Å². The minimum atomic E-state index is -0.307. The summed E-state index contributed by atoms with van der Waals surface area (Å²) < 4.78 is 2.00. The van der Waals surface area contributed by atoms with Gasteiger partial charge in [-0.25, -0.2) is 4.68 Å². The third-order valence-electron chi connectivity index (χ3n) is 6.36. The number of nitrogens with one attached hydrogen (secondary N) is 1. The van der Waals surface area contributed by atoms with Crippen LogP contribution in [0.2, 0.25) is 10.0 Å². The van der Waals surface area contributed by atoms with Crippen LogP contribution in [0.4, 0.5) is 5.69 Å². The number of benzene rings is 2. The molecule has 0 aliphatic heterocycles. The Labute approximate surface area is 206 Å². The number of hydrogen-bond donors (Lipinski definition) is 1. The number of tetrazole rings is 1. The van der Waals surface area contributed by atoms with E-state index in [1.165, 1.54) is 6.42 Å². The lowest BCUT2D eigenvalue weighted by atomic mass is 9.79. The van der Waals surface area contributed by atoms with Crippen molar-refractivity contribution in [2.24, 2.45) is 5.41 Å². The lowest BCUT2D eigenvalue weighted by molar-refractivity contribution is 0.237. The first-order valence-electron chi connectivity index (χ1n) is 11.5. The molecule has 0 unspecified atom stereocenters. The van der Waals surface area contributed by atoms with Gasteiger partial charge in [-0.1, -0.05) is 99.7 Å². The van der Waals surface area contributed by atoms with E-state index in [0.29, 0.717) is 10.0 Å². The third-order valence-corrected chi connectivity index (χ3v) is 6.92. The van der Waals surface area contributed by atoms with E-state index in [-0.39, 0.29) is 17.0 Å². The van der Waals surface area contributed by atoms with Crippen molar-refractivity contribution in [1.82, 2.24) is 20.2 Å². The van der Waals surface area contributed by atoms with Crippen LogP contribution in [-0.2, 0) is 5.54 Å². The molecule has 0 amide bonds. The maximum absolute atomic E-state index is 6.42. The Balaban J connectivity index is 1.74. The SMILES string of the molecule is CC(C)(C)[C@H](/C=C/c1ccc(Cl)cc1Cl)n1nnnc1C1(Nc2ccccc2)CCCCC1. The molecule has 0 spiro atoms. The Kier molecular flexibility index (Phi) is 7.10. The number of anilines is 1. The van der Waals surface area contributed by atoms with Crippen molar-refractivity contribution in [1.29, 1.82) is 0 Å². The van der Waals surface area contributed by atoms with Gasteiger partial charge in [0.05, 0.1) is 11.6 Å². The number of halogens is 2. The maximum atomic E-state index is 6.42. The average Bonchev–Trinajstić information content (AvgIpc) is 3.26. The summed E-state index contributed by atoms with van der Waals surface area (Å²) >= 11 is 12.5. The predicted molar refractivity (Wildman–Crippen MR) is 137 cm³/mol. The van der Waals surface area contributed by atoms with E-state index in [2.05, 4.69) is 72.0 Å². The summed E-state index contributed by atoms with van der Waals surface area (Å²) in [5, 5.41) is 18.3. The average molecular weight is 484 g/mol. The predicted octanol–water partition coefficient (Wildman–Crippen LogP) is 7.55. The zero-order valence-corrected chi connectivity index (χ0v) is 20.9. The third kappa shape index (κ3) is 5.42. The lowest BCUT2D eigenvalue weighted by Crippen LogP contribution is -2.42. The largest absolute Gasteiger partial charge is 0.373 e. The molecule has 1 aliphatic carbocycles. The van der Waals surface area contributed by atoms with Crippen LogP contribution < -0.4 is 5.32 Å². The van der Waals surface area contributed by atoms with E-state index < -0.39 is 0 Å². The summed E-state index contributed by atoms with van der Waals surface area (Å²) in [6.45, 7) is 6.61. The van der Waals surface area contributed by atoms with E-state index in [0.717, 1.165) is 42.8 Å². The summed E-state index contributed by atoms with van der Waals surface area (Å²) in [6, 6.07) is 15.8. The number of allylic oxidation sites excluding steroid dienone is 1. The molecule has 0 radical (unpaired) electrons. The highest BCUT2D eigenvalue weighted by molar-refractivity contribution is 6.35. The van der Waals surface area contributed by atoms with Crippen molar-refractivity contribution in [3.63, 3.8) is 0 Å². The molecule has 5 nitrogen and oxygen atoms in total. The highest BCUT2D eigenvalue weighted by Crippen LogP contribution is 2.42. The zero-order valence-electron chi connectivity index (χ0n) is 19.4. The van der Waals surface area contributed by atoms with Gasteiger partial charge in [-0.15, -0.1) is 5.10 Å². The first-order chi connectivity index (χ1) is 15.8. The molecule has 1 atom stereocenters. The van der Waals surface area contributed by atoms with Gasteiger partial charge in [-0.2, -0.15) is 0 Å². The molecular weight excluding hydrogens is 453 g/mol. The molecule has 1 aromatic heterocycles. The van der Waals surface area contributed by atoms with Crippen molar-refractivity contribution >= 4 is 35.0 Å². The second-order valence-electron chi connectivity index (χ2n) is 9.92. The number of nitrogens with zero attached hydrogens (tertiary/aromatic N) is 4. The fraction of sp³-hybridized carbons (Fsp3) is 0.423. The molecule has 1 N–H and O–H groups in total. The molecule has 1 saturated carbocycles. The van der Waals surface area contributed by atoms with Gasteiger partial charge in [0.1, 0.15) is 0 Å². The molecule has 0 bridgehead atoms. The Bertz CT molecular complexity index is 1100. The van der Waals surface area contributed by atoms with Crippen LogP contribution >= 0.6 is 23.2 Å². The van der Waals surface area contributed by atoms with Crippen LogP contribution in [0, 0.1) is 5.41 Å². The van der Waals surface area contributed by atoms with E-state index in [1.807, 2.05) is 29.0 Å². The second-order valence-corrected chi connectivity index (χ2v) is 10.8. The van der Waals surface area contributed by atoms with Crippen LogP contribution in [0.15, 0.2) is 54.6 Å². The second kappa shape index (κ2) is 9.86. The fourth-order valence-electron chi connectivity index (χ4n) is 4.62. The Morgan fingerprint density at radius 2 is 1.76 bits per heavy atom. The van der Waals surface area contributed by atoms with Gasteiger partial charge in [0.2, 0.25) is 0 Å². The number of hydrogen-bond acceptors (Lipinski definition) is 4. The minimum absolute atomic E-state index is 0.0642. The molecule has 1 aliphatic rings. The number of aromatic nitrogens is 4. The summed E-state index contributed by atoms with van der Waals surface area (Å²) in [6.07, 6.45) is 9.69. The first-order valence-corrected chi connectivity index (χ1v) is 12.3. The molecule has 1 fully saturated rings. The molecule has 1 heterocycles. The molecule has 4 rings (SSSR count). The Morgan fingerprint density at radius 1 is 1.03 bits per heavy atom. The molecular formula is C26H31Cl2N5. The quantitative estimate of drug-likeness (QED) is 0.392. The Hall–Kier alpha value is -2.37. The van der Waals surface area contributed by atoms with E-state index in [9.17, 15) is 0 Å². The van der Waals surface area contributed by atoms with Crippen molar-refractivity contribution in [2.45, 2.75) is 64.5 Å². The summed E-state index contributed by atoms with van der Waals surface area (Å²) in [4.78, 5) is 0. The summed E-state index contributed by atoms with van der Waals surface area (Å²) in [5.41, 5.74) is 1.57. The van der Waals surface area contributed by atoms with E-state index in [4.69, 9.17) is 23.2 Å². The Morgan fingerprint density at radius 3 is 2.42 bits per heavy atom. The number of rotatable bonds is 6. The van der Waals surface area contributed by atoms with Crippen LogP contribution in [-0.4, -0.2) is 20.2 Å². The molecule has 174 valence electrons. The zero-order chi connectivity index (χ0) is 23.5. The first kappa shape index (κ1) is 23.8. The van der Waals surface area contributed by atoms with E-state index >= 15 is 0 Å². The molecule has 2 aromatic carbocycles. The van der Waals surface area contributed by atoms with Gasteiger partial charge in [0, 0.05) is 15.7 Å². The lowest BCUT2D eigenvalue weighted by Gasteiger charge is -2.39. The van der Waals surface area contributed by atoms with Crippen molar-refractivity contribution in [2.75, 3.05) is 5.32 Å². The fourth-order valence-corrected chi connectivity index (χ4v) is 5.09. The monoisotopic (exact) mass is 483 g/mol. The van der Waals surface area contributed by atoms with Gasteiger partial charge in [-0.05, 0) is 58.5 Å². The minimum Gasteiger partial charge on any atom is -0.373 e. The summed E-state index contributed by atoms with van der Waals surface area (Å²) in [7, 11) is 0. The molecule has 3 aromatic rings. The van der Waals surface area contributed by atoms with Crippen LogP contribution in [0.5, 0.6) is 0 Å². The normalized spacial score (nSPS) is 17.2. The topological polar surface area (TPSA) is 55.6 Å². The van der Waals surface area contributed by atoms with Crippen LogP contribution in [0.1, 0.15) is 70.3 Å². The smallest absolute Gasteiger partial charge is 0.177 e. The highest BCUT2D eigenvalue weighted by Gasteiger charge is 2.41. The maximum Gasteiger partial charge on any atom is 0.177 e. The van der Waals surface area contributed by atoms with Gasteiger partial charge >= 0.3 is 0 Å². The van der Waals surface area contributed by atoms with Crippen molar-refractivity contribution in [3.8, 4) is 0 Å². The molecule has 0 saturated heterocycles. The van der Waals surface area contributed by atoms with Gasteiger partial charge in [0.15, 0.2) is 5.82 Å². The standard InChI is InChI=1S/C26H31Cl2N5/c1-25(2,3)23(15-13-19-12-14-20(27)18-22(19)28)33-24(30-31-32-33)26(16-8-5-9-17-26)29-21-10-6-4-7-11-21/h4,6-7,10-15,18,23,29H,5,8-9,16-17H2,1-3H3/b15-13+/t23-/m0/s1. The number of para-hydroxylation sites is 1.